The van der Waals surface area contributed by atoms with E-state index in [1.165, 1.54) is 6.42 Å². The van der Waals surface area contributed by atoms with Gasteiger partial charge in [0.2, 0.25) is 0 Å². The summed E-state index contributed by atoms with van der Waals surface area (Å²) in [6.07, 6.45) is 3.26. The molecule has 0 aromatic heterocycles. The van der Waals surface area contributed by atoms with Gasteiger partial charge < -0.3 is 9.84 Å². The summed E-state index contributed by atoms with van der Waals surface area (Å²) in [6.45, 7) is 7.32. The van der Waals surface area contributed by atoms with Gasteiger partial charge in [-0.05, 0) is 36.2 Å². The Morgan fingerprint density at radius 2 is 1.95 bits per heavy atom. The van der Waals surface area contributed by atoms with Gasteiger partial charge in [-0.1, -0.05) is 51.1 Å². The minimum Gasteiger partial charge on any atom is -0.386 e. The van der Waals surface area contributed by atoms with Crippen LogP contribution in [0.3, 0.4) is 0 Å². The average molecular weight is 262 g/mol. The van der Waals surface area contributed by atoms with E-state index >= 15 is 0 Å². The molecule has 0 radical (unpaired) electrons. The van der Waals surface area contributed by atoms with E-state index in [0.717, 1.165) is 18.4 Å². The van der Waals surface area contributed by atoms with Crippen LogP contribution < -0.4 is 0 Å². The molecule has 0 heterocycles. The fourth-order valence-electron chi connectivity index (χ4n) is 3.38. The molecule has 2 rings (SSSR count). The van der Waals surface area contributed by atoms with E-state index in [1.54, 1.807) is 0 Å². The molecule has 106 valence electrons. The van der Waals surface area contributed by atoms with Gasteiger partial charge in [0.05, 0.1) is 12.7 Å². The topological polar surface area (TPSA) is 29.5 Å². The molecule has 3 atom stereocenters. The smallest absolute Gasteiger partial charge is 0.102 e. The average Bonchev–Trinajstić information content (AvgIpc) is 2.34. The molecule has 1 aliphatic carbocycles. The van der Waals surface area contributed by atoms with E-state index in [2.05, 4.69) is 20.8 Å². The predicted octanol–water partition coefficient (Wildman–Crippen LogP) is 3.95. The zero-order valence-electron chi connectivity index (χ0n) is 12.3. The van der Waals surface area contributed by atoms with Crippen molar-refractivity contribution in [2.75, 3.05) is 6.61 Å². The quantitative estimate of drug-likeness (QED) is 0.890. The lowest BCUT2D eigenvalue weighted by molar-refractivity contribution is -0.0564. The summed E-state index contributed by atoms with van der Waals surface area (Å²) in [5.41, 5.74) is 1.30. The second-order valence-electron chi connectivity index (χ2n) is 6.80. The zero-order chi connectivity index (χ0) is 13.9. The number of aliphatic hydroxyl groups is 1. The van der Waals surface area contributed by atoms with Gasteiger partial charge in [0.15, 0.2) is 0 Å². The highest BCUT2D eigenvalue weighted by Gasteiger charge is 2.32. The largest absolute Gasteiger partial charge is 0.386 e. The molecular formula is C17H26O2. The van der Waals surface area contributed by atoms with Crippen molar-refractivity contribution in [3.8, 4) is 0 Å². The maximum atomic E-state index is 10.1. The molecule has 1 aromatic carbocycles. The van der Waals surface area contributed by atoms with Crippen LogP contribution in [-0.2, 0) is 4.74 Å². The predicted molar refractivity (Wildman–Crippen MR) is 77.9 cm³/mol. The van der Waals surface area contributed by atoms with Gasteiger partial charge in [0.25, 0.3) is 0 Å². The molecule has 1 aliphatic rings. The third-order valence-corrected chi connectivity index (χ3v) is 4.02. The van der Waals surface area contributed by atoms with Crippen LogP contribution in [0, 0.1) is 11.3 Å². The number of rotatable bonds is 4. The Hall–Kier alpha value is -0.860. The fraction of sp³-hybridized carbons (Fsp3) is 0.647. The van der Waals surface area contributed by atoms with Crippen molar-refractivity contribution in [2.24, 2.45) is 11.3 Å². The lowest BCUT2D eigenvalue weighted by Gasteiger charge is -2.39. The number of ether oxygens (including phenoxy) is 1. The number of hydrogen-bond donors (Lipinski definition) is 1. The molecule has 1 fully saturated rings. The maximum Gasteiger partial charge on any atom is 0.102 e. The molecule has 3 unspecified atom stereocenters. The van der Waals surface area contributed by atoms with Gasteiger partial charge in [0.1, 0.15) is 6.10 Å². The molecule has 0 bridgehead atoms. The second kappa shape index (κ2) is 6.06. The third kappa shape index (κ3) is 4.32. The molecule has 2 nitrogen and oxygen atoms in total. The molecule has 0 saturated heterocycles. The lowest BCUT2D eigenvalue weighted by Crippen LogP contribution is -2.33. The first-order valence-electron chi connectivity index (χ1n) is 7.31. The molecular weight excluding hydrogens is 236 g/mol. The Morgan fingerprint density at radius 3 is 2.58 bits per heavy atom. The monoisotopic (exact) mass is 262 g/mol. The first-order valence-corrected chi connectivity index (χ1v) is 7.31. The summed E-state index contributed by atoms with van der Waals surface area (Å²) in [4.78, 5) is 0. The van der Waals surface area contributed by atoms with Crippen molar-refractivity contribution in [1.29, 1.82) is 0 Å². The van der Waals surface area contributed by atoms with Gasteiger partial charge in [-0.15, -0.1) is 0 Å². The van der Waals surface area contributed by atoms with Crippen molar-refractivity contribution < 1.29 is 9.84 Å². The van der Waals surface area contributed by atoms with E-state index in [4.69, 9.17) is 4.74 Å². The maximum absolute atomic E-state index is 10.1. The van der Waals surface area contributed by atoms with Crippen LogP contribution in [0.2, 0.25) is 0 Å². The van der Waals surface area contributed by atoms with Crippen molar-refractivity contribution in [2.45, 2.75) is 52.2 Å². The number of hydrogen-bond acceptors (Lipinski definition) is 2. The number of benzene rings is 1. The van der Waals surface area contributed by atoms with Gasteiger partial charge in [-0.2, -0.15) is 0 Å². The van der Waals surface area contributed by atoms with Crippen LogP contribution in [0.4, 0.5) is 0 Å². The van der Waals surface area contributed by atoms with E-state index < -0.39 is 6.10 Å². The third-order valence-electron chi connectivity index (χ3n) is 4.02. The summed E-state index contributed by atoms with van der Waals surface area (Å²) in [7, 11) is 0. The Labute approximate surface area is 116 Å². The summed E-state index contributed by atoms with van der Waals surface area (Å²) >= 11 is 0. The highest BCUT2D eigenvalue weighted by atomic mass is 16.5. The van der Waals surface area contributed by atoms with Crippen LogP contribution in [0.15, 0.2) is 30.3 Å². The van der Waals surface area contributed by atoms with Gasteiger partial charge in [-0.3, -0.25) is 0 Å². The summed E-state index contributed by atoms with van der Waals surface area (Å²) in [6, 6.07) is 9.75. The van der Waals surface area contributed by atoms with Crippen LogP contribution in [0.25, 0.3) is 0 Å². The molecule has 0 spiro atoms. The molecule has 19 heavy (non-hydrogen) atoms. The molecule has 1 N–H and O–H groups in total. The summed E-state index contributed by atoms with van der Waals surface area (Å²) < 4.78 is 5.96. The SMILES string of the molecule is CC1CC(OCC(O)c2ccccc2)CC(C)(C)C1. The molecule has 0 aliphatic heterocycles. The van der Waals surface area contributed by atoms with Crippen molar-refractivity contribution in [1.82, 2.24) is 0 Å². The van der Waals surface area contributed by atoms with Gasteiger partial charge in [0, 0.05) is 0 Å². The zero-order valence-corrected chi connectivity index (χ0v) is 12.3. The van der Waals surface area contributed by atoms with Crippen LogP contribution in [0.1, 0.15) is 51.7 Å². The lowest BCUT2D eigenvalue weighted by atomic mass is 9.71. The second-order valence-corrected chi connectivity index (χ2v) is 6.80. The highest BCUT2D eigenvalue weighted by Crippen LogP contribution is 2.39. The van der Waals surface area contributed by atoms with Crippen LogP contribution in [0.5, 0.6) is 0 Å². The van der Waals surface area contributed by atoms with Crippen LogP contribution in [-0.4, -0.2) is 17.8 Å². The molecule has 0 amide bonds. The molecule has 1 aromatic rings. The Balaban J connectivity index is 1.85. The van der Waals surface area contributed by atoms with Crippen LogP contribution >= 0.6 is 0 Å². The molecule has 1 saturated carbocycles. The minimum atomic E-state index is -0.512. The van der Waals surface area contributed by atoms with Crippen molar-refractivity contribution in [3.05, 3.63) is 35.9 Å². The van der Waals surface area contributed by atoms with E-state index in [-0.39, 0.29) is 6.10 Å². The van der Waals surface area contributed by atoms with Gasteiger partial charge >= 0.3 is 0 Å². The fourth-order valence-corrected chi connectivity index (χ4v) is 3.38. The highest BCUT2D eigenvalue weighted by molar-refractivity contribution is 5.17. The minimum absolute atomic E-state index is 0.289. The summed E-state index contributed by atoms with van der Waals surface area (Å²) in [5, 5.41) is 10.1. The first-order chi connectivity index (χ1) is 8.96. The Kier molecular flexibility index (Phi) is 4.64. The Bertz CT molecular complexity index is 386. The van der Waals surface area contributed by atoms with E-state index in [9.17, 15) is 5.11 Å². The number of aliphatic hydroxyl groups excluding tert-OH is 1. The van der Waals surface area contributed by atoms with E-state index in [1.807, 2.05) is 30.3 Å². The Morgan fingerprint density at radius 1 is 1.26 bits per heavy atom. The molecule has 2 heteroatoms. The normalized spacial score (nSPS) is 28.0. The van der Waals surface area contributed by atoms with Crippen molar-refractivity contribution >= 4 is 0 Å². The van der Waals surface area contributed by atoms with Crippen molar-refractivity contribution in [3.63, 3.8) is 0 Å². The summed E-state index contributed by atoms with van der Waals surface area (Å²) in [5.74, 6) is 0.711. The standard InChI is InChI=1S/C17H26O2/c1-13-9-15(11-17(2,3)10-13)19-12-16(18)14-7-5-4-6-8-14/h4-8,13,15-16,18H,9-12H2,1-3H3. The van der Waals surface area contributed by atoms with E-state index in [0.29, 0.717) is 17.9 Å². The first kappa shape index (κ1) is 14.5. The van der Waals surface area contributed by atoms with Gasteiger partial charge in [-0.25, -0.2) is 0 Å².